The molecule has 22 heavy (non-hydrogen) atoms. The van der Waals surface area contributed by atoms with Gasteiger partial charge in [-0.05, 0) is 12.1 Å². The van der Waals surface area contributed by atoms with E-state index in [1.165, 1.54) is 5.01 Å². The number of anilines is 1. The van der Waals surface area contributed by atoms with Crippen LogP contribution in [0.25, 0.3) is 22.6 Å². The summed E-state index contributed by atoms with van der Waals surface area (Å²) in [6, 6.07) is 19.8. The van der Waals surface area contributed by atoms with Crippen molar-refractivity contribution < 1.29 is 0 Å². The van der Waals surface area contributed by atoms with E-state index in [9.17, 15) is 0 Å². The van der Waals surface area contributed by atoms with E-state index in [2.05, 4.69) is 25.9 Å². The number of aromatic nitrogens is 2. The number of nitrogens with zero attached hydrogens (tertiary/aromatic N) is 3. The van der Waals surface area contributed by atoms with E-state index in [0.29, 0.717) is 11.6 Å². The summed E-state index contributed by atoms with van der Waals surface area (Å²) in [5.41, 5.74) is 2.83. The lowest BCUT2D eigenvalue weighted by molar-refractivity contribution is 0.967. The number of benzene rings is 2. The molecule has 0 aliphatic heterocycles. The average Bonchev–Trinajstić information content (AvgIpc) is 2.56. The predicted octanol–water partition coefficient (Wildman–Crippen LogP) is 3.88. The molecule has 0 saturated heterocycles. The van der Waals surface area contributed by atoms with Gasteiger partial charge < -0.3 is 0 Å². The largest absolute Gasteiger partial charge is 0.298 e. The summed E-state index contributed by atoms with van der Waals surface area (Å²) in [7, 11) is 1.77. The summed E-state index contributed by atoms with van der Waals surface area (Å²) in [6.45, 7) is 0. The van der Waals surface area contributed by atoms with Crippen molar-refractivity contribution >= 4 is 21.7 Å². The van der Waals surface area contributed by atoms with Gasteiger partial charge in [-0.15, -0.1) is 0 Å². The van der Waals surface area contributed by atoms with Gasteiger partial charge in [0.25, 0.3) is 0 Å². The molecular formula is C17H15BrN4. The first-order valence-corrected chi connectivity index (χ1v) is 7.61. The molecule has 2 N–H and O–H groups in total. The Morgan fingerprint density at radius 2 is 1.59 bits per heavy atom. The summed E-state index contributed by atoms with van der Waals surface area (Å²) < 4.78 is 1.02. The number of halogens is 1. The van der Waals surface area contributed by atoms with E-state index in [0.717, 1.165) is 21.3 Å². The standard InChI is InChI=1S/C17H15BrN4/c1-22(19)16-11-15(12-5-3-2-4-6-12)20-17(21-16)13-7-9-14(18)10-8-13/h2-11H,19H2,1H3. The van der Waals surface area contributed by atoms with Gasteiger partial charge in [-0.25, -0.2) is 15.8 Å². The monoisotopic (exact) mass is 354 g/mol. The van der Waals surface area contributed by atoms with Crippen LogP contribution in [0.5, 0.6) is 0 Å². The Morgan fingerprint density at radius 3 is 2.23 bits per heavy atom. The Bertz CT molecular complexity index is 770. The molecule has 0 aliphatic rings. The van der Waals surface area contributed by atoms with Crippen LogP contribution < -0.4 is 10.9 Å². The molecule has 0 aliphatic carbocycles. The second-order valence-corrected chi connectivity index (χ2v) is 5.83. The lowest BCUT2D eigenvalue weighted by Gasteiger charge is -2.14. The molecule has 0 unspecified atom stereocenters. The van der Waals surface area contributed by atoms with Crippen molar-refractivity contribution in [1.82, 2.24) is 9.97 Å². The van der Waals surface area contributed by atoms with Crippen molar-refractivity contribution in [2.75, 3.05) is 12.1 Å². The molecular weight excluding hydrogens is 340 g/mol. The fourth-order valence-corrected chi connectivity index (χ4v) is 2.36. The van der Waals surface area contributed by atoms with Gasteiger partial charge in [0.05, 0.1) is 5.69 Å². The summed E-state index contributed by atoms with van der Waals surface area (Å²) >= 11 is 3.44. The van der Waals surface area contributed by atoms with E-state index >= 15 is 0 Å². The highest BCUT2D eigenvalue weighted by atomic mass is 79.9. The van der Waals surface area contributed by atoms with Crippen LogP contribution in [0, 0.1) is 0 Å². The molecule has 0 saturated carbocycles. The van der Waals surface area contributed by atoms with Crippen molar-refractivity contribution in [3.63, 3.8) is 0 Å². The highest BCUT2D eigenvalue weighted by Crippen LogP contribution is 2.25. The van der Waals surface area contributed by atoms with Gasteiger partial charge in [-0.2, -0.15) is 0 Å². The second kappa shape index (κ2) is 6.25. The molecule has 0 bridgehead atoms. The van der Waals surface area contributed by atoms with Gasteiger partial charge >= 0.3 is 0 Å². The Hall–Kier alpha value is -2.24. The number of rotatable bonds is 3. The first-order valence-electron chi connectivity index (χ1n) is 6.82. The van der Waals surface area contributed by atoms with E-state index in [-0.39, 0.29) is 0 Å². The minimum absolute atomic E-state index is 0.654. The maximum Gasteiger partial charge on any atom is 0.162 e. The number of nitrogens with two attached hydrogens (primary N) is 1. The maximum absolute atomic E-state index is 5.87. The SMILES string of the molecule is CN(N)c1cc(-c2ccccc2)nc(-c2ccc(Br)cc2)n1. The third-order valence-corrected chi connectivity index (χ3v) is 3.77. The quantitative estimate of drug-likeness (QED) is 0.572. The maximum atomic E-state index is 5.87. The fourth-order valence-electron chi connectivity index (χ4n) is 2.10. The fraction of sp³-hybridized carbons (Fsp3) is 0.0588. The Morgan fingerprint density at radius 1 is 0.909 bits per heavy atom. The van der Waals surface area contributed by atoms with Crippen LogP contribution in [0.1, 0.15) is 0 Å². The van der Waals surface area contributed by atoms with Gasteiger partial charge in [0.15, 0.2) is 5.82 Å². The smallest absolute Gasteiger partial charge is 0.162 e. The van der Waals surface area contributed by atoms with Crippen molar-refractivity contribution in [1.29, 1.82) is 0 Å². The van der Waals surface area contributed by atoms with Gasteiger partial charge in [0.1, 0.15) is 5.82 Å². The lowest BCUT2D eigenvalue weighted by Crippen LogP contribution is -2.26. The number of hydrazine groups is 1. The highest BCUT2D eigenvalue weighted by molar-refractivity contribution is 9.10. The molecule has 110 valence electrons. The average molecular weight is 355 g/mol. The van der Waals surface area contributed by atoms with Crippen LogP contribution in [-0.4, -0.2) is 17.0 Å². The molecule has 4 nitrogen and oxygen atoms in total. The molecule has 5 heteroatoms. The molecule has 0 amide bonds. The third-order valence-electron chi connectivity index (χ3n) is 3.25. The first kappa shape index (κ1) is 14.7. The van der Waals surface area contributed by atoms with Crippen LogP contribution in [-0.2, 0) is 0 Å². The molecule has 0 radical (unpaired) electrons. The molecule has 0 atom stereocenters. The molecule has 3 rings (SSSR count). The minimum Gasteiger partial charge on any atom is -0.298 e. The Kier molecular flexibility index (Phi) is 4.18. The third kappa shape index (κ3) is 3.16. The van der Waals surface area contributed by atoms with E-state index < -0.39 is 0 Å². The highest BCUT2D eigenvalue weighted by Gasteiger charge is 2.10. The van der Waals surface area contributed by atoms with Gasteiger partial charge in [-0.3, -0.25) is 5.01 Å². The van der Waals surface area contributed by atoms with E-state index in [4.69, 9.17) is 5.84 Å². The van der Waals surface area contributed by atoms with Gasteiger partial charge in [0.2, 0.25) is 0 Å². The van der Waals surface area contributed by atoms with Crippen LogP contribution in [0.2, 0.25) is 0 Å². The van der Waals surface area contributed by atoms with Crippen molar-refractivity contribution in [3.8, 4) is 22.6 Å². The zero-order valence-corrected chi connectivity index (χ0v) is 13.7. The summed E-state index contributed by atoms with van der Waals surface area (Å²) in [6.07, 6.45) is 0. The second-order valence-electron chi connectivity index (χ2n) is 4.92. The van der Waals surface area contributed by atoms with Gasteiger partial charge in [-0.1, -0.05) is 58.4 Å². The van der Waals surface area contributed by atoms with Crippen LogP contribution in [0.15, 0.2) is 65.1 Å². The van der Waals surface area contributed by atoms with Crippen molar-refractivity contribution in [2.45, 2.75) is 0 Å². The van der Waals surface area contributed by atoms with Crippen molar-refractivity contribution in [3.05, 3.63) is 65.1 Å². The molecule has 3 aromatic rings. The zero-order valence-electron chi connectivity index (χ0n) is 12.1. The zero-order chi connectivity index (χ0) is 15.5. The van der Waals surface area contributed by atoms with Crippen LogP contribution in [0.4, 0.5) is 5.82 Å². The Labute approximate surface area is 137 Å². The first-order chi connectivity index (χ1) is 10.6. The molecule has 2 aromatic carbocycles. The summed E-state index contributed by atoms with van der Waals surface area (Å²) in [4.78, 5) is 9.21. The summed E-state index contributed by atoms with van der Waals surface area (Å²) in [5.74, 6) is 7.19. The topological polar surface area (TPSA) is 55.0 Å². The molecule has 1 aromatic heterocycles. The molecule has 0 spiro atoms. The van der Waals surface area contributed by atoms with Gasteiger partial charge in [0, 0.05) is 28.7 Å². The van der Waals surface area contributed by atoms with Crippen LogP contribution >= 0.6 is 15.9 Å². The number of hydrogen-bond donors (Lipinski definition) is 1. The lowest BCUT2D eigenvalue weighted by atomic mass is 10.1. The predicted molar refractivity (Wildman–Crippen MR) is 93.2 cm³/mol. The van der Waals surface area contributed by atoms with E-state index in [1.807, 2.05) is 60.7 Å². The summed E-state index contributed by atoms with van der Waals surface area (Å²) in [5, 5.41) is 1.50. The molecule has 0 fully saturated rings. The van der Waals surface area contributed by atoms with Crippen molar-refractivity contribution in [2.24, 2.45) is 5.84 Å². The number of hydrogen-bond acceptors (Lipinski definition) is 4. The Balaban J connectivity index is 2.14. The van der Waals surface area contributed by atoms with Crippen LogP contribution in [0.3, 0.4) is 0 Å². The molecule has 1 heterocycles. The normalized spacial score (nSPS) is 10.5. The minimum atomic E-state index is 0.654. The van der Waals surface area contributed by atoms with E-state index in [1.54, 1.807) is 7.05 Å².